The Morgan fingerprint density at radius 3 is 2.78 bits per heavy atom. The lowest BCUT2D eigenvalue weighted by molar-refractivity contribution is -0.116. The Hall–Kier alpha value is -2.37. The van der Waals surface area contributed by atoms with Gasteiger partial charge in [-0.05, 0) is 18.6 Å². The Kier molecular flexibility index (Phi) is 5.36. The third kappa shape index (κ3) is 5.09. The van der Waals surface area contributed by atoms with Crippen LogP contribution < -0.4 is 10.1 Å². The standard InChI is InChI=1S/C17H23N3O3/c1-17(2,3)16-19-15(23-20-16)10-6-9-14(21)18-12-7-5-8-13(11-12)22-4/h5,7-8,11H,6,9-10H2,1-4H3,(H,18,21). The van der Waals surface area contributed by atoms with Gasteiger partial charge in [0.2, 0.25) is 11.8 Å². The van der Waals surface area contributed by atoms with E-state index in [-0.39, 0.29) is 11.3 Å². The number of amides is 1. The number of aryl methyl sites for hydroxylation is 1. The maximum Gasteiger partial charge on any atom is 0.226 e. The lowest BCUT2D eigenvalue weighted by atomic mass is 9.96. The monoisotopic (exact) mass is 317 g/mol. The van der Waals surface area contributed by atoms with Gasteiger partial charge in [-0.1, -0.05) is 32.0 Å². The molecule has 23 heavy (non-hydrogen) atoms. The van der Waals surface area contributed by atoms with Gasteiger partial charge in [0, 0.05) is 30.0 Å². The summed E-state index contributed by atoms with van der Waals surface area (Å²) >= 11 is 0. The quantitative estimate of drug-likeness (QED) is 0.884. The van der Waals surface area contributed by atoms with Crippen LogP contribution >= 0.6 is 0 Å². The van der Waals surface area contributed by atoms with Gasteiger partial charge in [0.15, 0.2) is 5.82 Å². The fourth-order valence-electron chi connectivity index (χ4n) is 1.99. The smallest absolute Gasteiger partial charge is 0.226 e. The van der Waals surface area contributed by atoms with E-state index in [2.05, 4.69) is 15.5 Å². The summed E-state index contributed by atoms with van der Waals surface area (Å²) in [5.74, 6) is 1.93. The number of hydrogen-bond donors (Lipinski definition) is 1. The normalized spacial score (nSPS) is 11.3. The van der Waals surface area contributed by atoms with Gasteiger partial charge in [0.1, 0.15) is 5.75 Å². The van der Waals surface area contributed by atoms with E-state index < -0.39 is 0 Å². The summed E-state index contributed by atoms with van der Waals surface area (Å²) in [6.07, 6.45) is 1.64. The Balaban J connectivity index is 1.79. The number of nitrogens with zero attached hydrogens (tertiary/aromatic N) is 2. The average molecular weight is 317 g/mol. The number of carbonyl (C=O) groups excluding carboxylic acids is 1. The molecular formula is C17H23N3O3. The van der Waals surface area contributed by atoms with E-state index in [4.69, 9.17) is 9.26 Å². The summed E-state index contributed by atoms with van der Waals surface area (Å²) < 4.78 is 10.3. The van der Waals surface area contributed by atoms with Crippen LogP contribution in [0.4, 0.5) is 5.69 Å². The first-order valence-corrected chi connectivity index (χ1v) is 7.65. The maximum atomic E-state index is 11.9. The molecule has 0 fully saturated rings. The van der Waals surface area contributed by atoms with Crippen LogP contribution in [-0.4, -0.2) is 23.2 Å². The van der Waals surface area contributed by atoms with Crippen molar-refractivity contribution in [1.82, 2.24) is 10.1 Å². The van der Waals surface area contributed by atoms with Crippen LogP contribution in [0, 0.1) is 0 Å². The first-order valence-electron chi connectivity index (χ1n) is 7.65. The second-order valence-electron chi connectivity index (χ2n) is 6.40. The third-order valence-corrected chi connectivity index (χ3v) is 3.29. The van der Waals surface area contributed by atoms with Crippen molar-refractivity contribution < 1.29 is 14.1 Å². The van der Waals surface area contributed by atoms with E-state index in [0.717, 1.165) is 5.69 Å². The van der Waals surface area contributed by atoms with Crippen molar-refractivity contribution in [3.05, 3.63) is 36.0 Å². The number of ether oxygens (including phenoxy) is 1. The van der Waals surface area contributed by atoms with Crippen LogP contribution in [0.2, 0.25) is 0 Å². The fourth-order valence-corrected chi connectivity index (χ4v) is 1.99. The summed E-state index contributed by atoms with van der Waals surface area (Å²) in [6, 6.07) is 7.28. The number of carbonyl (C=O) groups is 1. The van der Waals surface area contributed by atoms with Gasteiger partial charge in [-0.3, -0.25) is 4.79 Å². The number of methoxy groups -OCH3 is 1. The van der Waals surface area contributed by atoms with Gasteiger partial charge in [-0.2, -0.15) is 4.98 Å². The van der Waals surface area contributed by atoms with E-state index in [9.17, 15) is 4.79 Å². The third-order valence-electron chi connectivity index (χ3n) is 3.29. The number of rotatable bonds is 6. The number of nitrogens with one attached hydrogen (secondary N) is 1. The number of hydrogen-bond acceptors (Lipinski definition) is 5. The van der Waals surface area contributed by atoms with Crippen LogP contribution in [0.3, 0.4) is 0 Å². The van der Waals surface area contributed by atoms with Gasteiger partial charge in [0.25, 0.3) is 0 Å². The molecule has 1 aromatic heterocycles. The van der Waals surface area contributed by atoms with Crippen molar-refractivity contribution in [1.29, 1.82) is 0 Å². The molecule has 0 aliphatic rings. The highest BCUT2D eigenvalue weighted by Crippen LogP contribution is 2.19. The molecule has 6 heteroatoms. The van der Waals surface area contributed by atoms with Gasteiger partial charge in [-0.25, -0.2) is 0 Å². The molecule has 0 aliphatic heterocycles. The van der Waals surface area contributed by atoms with Crippen LogP contribution in [0.15, 0.2) is 28.8 Å². The van der Waals surface area contributed by atoms with E-state index in [1.165, 1.54) is 0 Å². The molecule has 2 aromatic rings. The Labute approximate surface area is 136 Å². The Bertz CT molecular complexity index is 659. The lowest BCUT2D eigenvalue weighted by Gasteiger charge is -2.10. The summed E-state index contributed by atoms with van der Waals surface area (Å²) in [5.41, 5.74) is 0.591. The maximum absolute atomic E-state index is 11.9. The second kappa shape index (κ2) is 7.26. The van der Waals surface area contributed by atoms with Crippen molar-refractivity contribution in [2.75, 3.05) is 12.4 Å². The van der Waals surface area contributed by atoms with Crippen molar-refractivity contribution in [3.8, 4) is 5.75 Å². The molecule has 0 aliphatic carbocycles. The highest BCUT2D eigenvalue weighted by molar-refractivity contribution is 5.90. The molecule has 1 aromatic carbocycles. The summed E-state index contributed by atoms with van der Waals surface area (Å²) in [7, 11) is 1.59. The SMILES string of the molecule is COc1cccc(NC(=O)CCCc2nc(C(C)(C)C)no2)c1. The van der Waals surface area contributed by atoms with Crippen molar-refractivity contribution in [3.63, 3.8) is 0 Å². The highest BCUT2D eigenvalue weighted by atomic mass is 16.5. The number of benzene rings is 1. The topological polar surface area (TPSA) is 77.2 Å². The van der Waals surface area contributed by atoms with Crippen molar-refractivity contribution >= 4 is 11.6 Å². The fraction of sp³-hybridized carbons (Fsp3) is 0.471. The molecule has 0 spiro atoms. The van der Waals surface area contributed by atoms with E-state index in [1.807, 2.05) is 39.0 Å². The van der Waals surface area contributed by atoms with E-state index in [0.29, 0.717) is 36.7 Å². The van der Waals surface area contributed by atoms with Crippen LogP contribution in [0.25, 0.3) is 0 Å². The number of aromatic nitrogens is 2. The summed E-state index contributed by atoms with van der Waals surface area (Å²) in [4.78, 5) is 16.3. The molecule has 0 saturated heterocycles. The van der Waals surface area contributed by atoms with E-state index >= 15 is 0 Å². The zero-order valence-electron chi connectivity index (χ0n) is 14.0. The molecule has 0 atom stereocenters. The van der Waals surface area contributed by atoms with Gasteiger partial charge in [-0.15, -0.1) is 0 Å². The molecule has 124 valence electrons. The molecule has 0 radical (unpaired) electrons. The predicted molar refractivity (Wildman–Crippen MR) is 87.6 cm³/mol. The predicted octanol–water partition coefficient (Wildman–Crippen LogP) is 3.34. The zero-order chi connectivity index (χ0) is 16.9. The largest absolute Gasteiger partial charge is 0.497 e. The molecule has 0 unspecified atom stereocenters. The van der Waals surface area contributed by atoms with Gasteiger partial charge < -0.3 is 14.6 Å². The van der Waals surface area contributed by atoms with E-state index in [1.54, 1.807) is 13.2 Å². The highest BCUT2D eigenvalue weighted by Gasteiger charge is 2.20. The van der Waals surface area contributed by atoms with Crippen LogP contribution in [0.5, 0.6) is 5.75 Å². The second-order valence-corrected chi connectivity index (χ2v) is 6.40. The molecule has 1 amide bonds. The lowest BCUT2D eigenvalue weighted by Crippen LogP contribution is -2.13. The molecule has 2 rings (SSSR count). The van der Waals surface area contributed by atoms with Crippen molar-refractivity contribution in [2.24, 2.45) is 0 Å². The summed E-state index contributed by atoms with van der Waals surface area (Å²) in [6.45, 7) is 6.09. The minimum Gasteiger partial charge on any atom is -0.497 e. The minimum absolute atomic E-state index is 0.0474. The average Bonchev–Trinajstić information content (AvgIpc) is 2.96. The molecule has 6 nitrogen and oxygen atoms in total. The van der Waals surface area contributed by atoms with Crippen LogP contribution in [0.1, 0.15) is 45.3 Å². The first-order chi connectivity index (χ1) is 10.9. The van der Waals surface area contributed by atoms with Gasteiger partial charge >= 0.3 is 0 Å². The molecule has 0 saturated carbocycles. The zero-order valence-corrected chi connectivity index (χ0v) is 14.0. The Morgan fingerprint density at radius 1 is 1.35 bits per heavy atom. The van der Waals surface area contributed by atoms with Crippen molar-refractivity contribution in [2.45, 2.75) is 45.4 Å². The number of anilines is 1. The first kappa shape index (κ1) is 17.0. The van der Waals surface area contributed by atoms with Crippen LogP contribution in [-0.2, 0) is 16.6 Å². The minimum atomic E-state index is -0.133. The Morgan fingerprint density at radius 2 is 2.13 bits per heavy atom. The van der Waals surface area contributed by atoms with Gasteiger partial charge in [0.05, 0.1) is 7.11 Å². The molecule has 1 N–H and O–H groups in total. The molecule has 0 bridgehead atoms. The summed E-state index contributed by atoms with van der Waals surface area (Å²) in [5, 5.41) is 6.82. The molecular weight excluding hydrogens is 294 g/mol. The molecule has 1 heterocycles.